The normalized spacial score (nSPS) is 13.2. The molecule has 0 radical (unpaired) electrons. The number of hydrogen-bond acceptors (Lipinski definition) is 4. The summed E-state index contributed by atoms with van der Waals surface area (Å²) in [4.78, 5) is 0. The molecule has 13 heavy (non-hydrogen) atoms. The highest BCUT2D eigenvalue weighted by atomic mass is 16.7. The predicted octanol–water partition coefficient (Wildman–Crippen LogP) is 0.751. The molecule has 4 nitrogen and oxygen atoms in total. The summed E-state index contributed by atoms with van der Waals surface area (Å²) in [5, 5.41) is 0. The maximum absolute atomic E-state index is 5.39. The second-order valence-electron chi connectivity index (χ2n) is 2.56. The van der Waals surface area contributed by atoms with Crippen molar-refractivity contribution >= 4 is 0 Å². The largest absolute Gasteiger partial charge is 0.378 e. The van der Waals surface area contributed by atoms with Crippen LogP contribution in [-0.2, 0) is 14.2 Å². The third-order valence-electron chi connectivity index (χ3n) is 1.48. The lowest BCUT2D eigenvalue weighted by molar-refractivity contribution is -0.148. The molecule has 0 unspecified atom stereocenters. The predicted molar refractivity (Wildman–Crippen MR) is 51.5 cm³/mol. The van der Waals surface area contributed by atoms with Gasteiger partial charge in [-0.25, -0.2) is 0 Å². The Labute approximate surface area is 80.3 Å². The Morgan fingerprint density at radius 2 is 1.85 bits per heavy atom. The topological polar surface area (TPSA) is 53.7 Å². The Morgan fingerprint density at radius 3 is 2.38 bits per heavy atom. The molecule has 0 aliphatic carbocycles. The van der Waals surface area contributed by atoms with Crippen molar-refractivity contribution in [2.24, 2.45) is 5.73 Å². The highest BCUT2D eigenvalue weighted by Gasteiger charge is 2.03. The second-order valence-corrected chi connectivity index (χ2v) is 2.56. The quantitative estimate of drug-likeness (QED) is 0.431. The monoisotopic (exact) mass is 191 g/mol. The smallest absolute Gasteiger partial charge is 0.157 e. The molecule has 0 aliphatic heterocycles. The van der Waals surface area contributed by atoms with Crippen molar-refractivity contribution in [3.8, 4) is 0 Å². The van der Waals surface area contributed by atoms with Gasteiger partial charge in [0.1, 0.15) is 0 Å². The van der Waals surface area contributed by atoms with Gasteiger partial charge in [-0.1, -0.05) is 6.92 Å². The van der Waals surface area contributed by atoms with E-state index in [4.69, 9.17) is 19.9 Å². The van der Waals surface area contributed by atoms with Gasteiger partial charge in [-0.15, -0.1) is 0 Å². The first-order chi connectivity index (χ1) is 6.35. The fourth-order valence-electron chi connectivity index (χ4n) is 0.894. The van der Waals surface area contributed by atoms with Crippen LogP contribution >= 0.6 is 0 Å². The van der Waals surface area contributed by atoms with Crippen LogP contribution in [0.5, 0.6) is 0 Å². The third-order valence-corrected chi connectivity index (χ3v) is 1.48. The molecule has 2 N–H and O–H groups in total. The standard InChI is InChI=1S/C9H21NO3/c1-3-9(12-4-2)13-8-7-11-6-5-10/h9H,3-8,10H2,1-2H3/t9-/m0/s1. The average molecular weight is 191 g/mol. The first kappa shape index (κ1) is 12.8. The molecule has 0 aromatic carbocycles. The number of nitrogens with two attached hydrogens (primary N) is 1. The van der Waals surface area contributed by atoms with E-state index in [0.29, 0.717) is 33.0 Å². The average Bonchev–Trinajstić information content (AvgIpc) is 2.16. The summed E-state index contributed by atoms with van der Waals surface area (Å²) in [5.41, 5.74) is 5.25. The highest BCUT2D eigenvalue weighted by Crippen LogP contribution is 1.99. The van der Waals surface area contributed by atoms with Gasteiger partial charge in [0, 0.05) is 13.2 Å². The molecule has 0 saturated carbocycles. The van der Waals surface area contributed by atoms with Crippen LogP contribution in [0.2, 0.25) is 0 Å². The molecule has 0 aromatic rings. The van der Waals surface area contributed by atoms with E-state index in [-0.39, 0.29) is 6.29 Å². The Balaban J connectivity index is 3.17. The van der Waals surface area contributed by atoms with Crippen LogP contribution in [0.4, 0.5) is 0 Å². The Bertz CT molecular complexity index is 101. The minimum atomic E-state index is -0.0912. The van der Waals surface area contributed by atoms with Gasteiger partial charge in [-0.05, 0) is 13.3 Å². The molecule has 0 bridgehead atoms. The van der Waals surface area contributed by atoms with Gasteiger partial charge in [0.2, 0.25) is 0 Å². The number of ether oxygens (including phenoxy) is 3. The zero-order chi connectivity index (χ0) is 9.94. The van der Waals surface area contributed by atoms with Crippen molar-refractivity contribution in [1.29, 1.82) is 0 Å². The SMILES string of the molecule is CCO[C@H](CC)OCCOCCN. The fraction of sp³-hybridized carbons (Fsp3) is 1.00. The molecule has 0 aromatic heterocycles. The summed E-state index contributed by atoms with van der Waals surface area (Å²) in [6, 6.07) is 0. The van der Waals surface area contributed by atoms with Crippen molar-refractivity contribution < 1.29 is 14.2 Å². The van der Waals surface area contributed by atoms with Gasteiger partial charge in [-0.2, -0.15) is 0 Å². The van der Waals surface area contributed by atoms with Gasteiger partial charge in [-0.3, -0.25) is 0 Å². The zero-order valence-electron chi connectivity index (χ0n) is 8.62. The molecular formula is C9H21NO3. The Kier molecular flexibility index (Phi) is 9.80. The van der Waals surface area contributed by atoms with Crippen molar-refractivity contribution in [3.63, 3.8) is 0 Å². The zero-order valence-corrected chi connectivity index (χ0v) is 8.62. The molecule has 0 saturated heterocycles. The van der Waals surface area contributed by atoms with Crippen LogP contribution in [-0.4, -0.2) is 39.3 Å². The maximum Gasteiger partial charge on any atom is 0.157 e. The summed E-state index contributed by atoms with van der Waals surface area (Å²) < 4.78 is 15.8. The summed E-state index contributed by atoms with van der Waals surface area (Å²) in [7, 11) is 0. The molecule has 1 atom stereocenters. The third kappa shape index (κ3) is 8.18. The van der Waals surface area contributed by atoms with E-state index in [1.807, 2.05) is 13.8 Å². The highest BCUT2D eigenvalue weighted by molar-refractivity contribution is 4.40. The second kappa shape index (κ2) is 9.92. The molecule has 0 rings (SSSR count). The maximum atomic E-state index is 5.39. The van der Waals surface area contributed by atoms with Gasteiger partial charge in [0.15, 0.2) is 6.29 Å². The first-order valence-corrected chi connectivity index (χ1v) is 4.86. The van der Waals surface area contributed by atoms with Crippen LogP contribution in [0.15, 0.2) is 0 Å². The van der Waals surface area contributed by atoms with Crippen LogP contribution in [0.25, 0.3) is 0 Å². The van der Waals surface area contributed by atoms with Crippen molar-refractivity contribution in [2.75, 3.05) is 33.0 Å². The lowest BCUT2D eigenvalue weighted by Gasteiger charge is -2.15. The molecular weight excluding hydrogens is 170 g/mol. The van der Waals surface area contributed by atoms with Crippen LogP contribution < -0.4 is 5.73 Å². The molecule has 80 valence electrons. The van der Waals surface area contributed by atoms with Crippen molar-refractivity contribution in [2.45, 2.75) is 26.6 Å². The number of hydrogen-bond donors (Lipinski definition) is 1. The molecule has 4 heteroatoms. The van der Waals surface area contributed by atoms with Crippen molar-refractivity contribution in [1.82, 2.24) is 0 Å². The molecule has 0 heterocycles. The summed E-state index contributed by atoms with van der Waals surface area (Å²) in [5.74, 6) is 0. The van der Waals surface area contributed by atoms with Crippen LogP contribution in [0, 0.1) is 0 Å². The van der Waals surface area contributed by atoms with E-state index in [1.54, 1.807) is 0 Å². The van der Waals surface area contributed by atoms with Crippen molar-refractivity contribution in [3.05, 3.63) is 0 Å². The summed E-state index contributed by atoms with van der Waals surface area (Å²) >= 11 is 0. The Hall–Kier alpha value is -0.160. The first-order valence-electron chi connectivity index (χ1n) is 4.86. The number of rotatable bonds is 9. The van der Waals surface area contributed by atoms with E-state index in [9.17, 15) is 0 Å². The summed E-state index contributed by atoms with van der Waals surface area (Å²) in [6.07, 6.45) is 0.775. The van der Waals surface area contributed by atoms with E-state index in [0.717, 1.165) is 6.42 Å². The lowest BCUT2D eigenvalue weighted by atomic mass is 10.5. The molecule has 0 aliphatic rings. The molecule has 0 amide bonds. The lowest BCUT2D eigenvalue weighted by Crippen LogP contribution is -2.20. The van der Waals surface area contributed by atoms with E-state index in [1.165, 1.54) is 0 Å². The minimum Gasteiger partial charge on any atom is -0.378 e. The summed E-state index contributed by atoms with van der Waals surface area (Å²) in [6.45, 7) is 6.97. The fourth-order valence-corrected chi connectivity index (χ4v) is 0.894. The van der Waals surface area contributed by atoms with Gasteiger partial charge >= 0.3 is 0 Å². The van der Waals surface area contributed by atoms with E-state index in [2.05, 4.69) is 0 Å². The van der Waals surface area contributed by atoms with Gasteiger partial charge in [0.25, 0.3) is 0 Å². The Morgan fingerprint density at radius 1 is 1.08 bits per heavy atom. The van der Waals surface area contributed by atoms with Crippen LogP contribution in [0.3, 0.4) is 0 Å². The molecule has 0 spiro atoms. The van der Waals surface area contributed by atoms with E-state index >= 15 is 0 Å². The van der Waals surface area contributed by atoms with Gasteiger partial charge < -0.3 is 19.9 Å². The van der Waals surface area contributed by atoms with Crippen LogP contribution in [0.1, 0.15) is 20.3 Å². The van der Waals surface area contributed by atoms with Gasteiger partial charge in [0.05, 0.1) is 19.8 Å². The van der Waals surface area contributed by atoms with E-state index < -0.39 is 0 Å². The minimum absolute atomic E-state index is 0.0912. The molecule has 0 fully saturated rings.